The quantitative estimate of drug-likeness (QED) is 0.358. The Morgan fingerprint density at radius 1 is 1.03 bits per heavy atom. The van der Waals surface area contributed by atoms with E-state index >= 15 is 0 Å². The highest BCUT2D eigenvalue weighted by atomic mass is 35.5. The number of aromatic nitrogens is 1. The standard InChI is InChI=1S/C24H19ClN2O3S/c1-29-20-11-7-19(8-12-20)26-23(28)22-15-31-24(27-22)17-5-9-21(10-6-17)30-14-16-3-2-4-18(25)13-16/h2-13,15H,14H2,1H3,(H,26,28). The van der Waals surface area contributed by atoms with Crippen LogP contribution in [-0.4, -0.2) is 18.0 Å². The predicted molar refractivity (Wildman–Crippen MR) is 124 cm³/mol. The average Bonchev–Trinajstić information content (AvgIpc) is 3.29. The van der Waals surface area contributed by atoms with E-state index in [1.807, 2.05) is 48.5 Å². The minimum atomic E-state index is -0.255. The number of nitrogens with one attached hydrogen (secondary N) is 1. The summed E-state index contributed by atoms with van der Waals surface area (Å²) >= 11 is 7.42. The molecule has 0 atom stereocenters. The summed E-state index contributed by atoms with van der Waals surface area (Å²) in [5.41, 5.74) is 2.98. The Hall–Kier alpha value is -3.35. The number of amides is 1. The van der Waals surface area contributed by atoms with Crippen LogP contribution in [0.4, 0.5) is 5.69 Å². The Balaban J connectivity index is 1.38. The van der Waals surface area contributed by atoms with E-state index in [4.69, 9.17) is 21.1 Å². The first-order chi connectivity index (χ1) is 15.1. The number of nitrogens with zero attached hydrogens (tertiary/aromatic N) is 1. The number of anilines is 1. The van der Waals surface area contributed by atoms with Gasteiger partial charge in [-0.2, -0.15) is 0 Å². The fourth-order valence-corrected chi connectivity index (χ4v) is 3.89. The Labute approximate surface area is 189 Å². The second kappa shape index (κ2) is 9.64. The molecule has 3 aromatic carbocycles. The number of hydrogen-bond donors (Lipinski definition) is 1. The van der Waals surface area contributed by atoms with Gasteiger partial charge in [-0.1, -0.05) is 23.7 Å². The van der Waals surface area contributed by atoms with E-state index in [0.717, 1.165) is 27.6 Å². The second-order valence-corrected chi connectivity index (χ2v) is 7.96. The van der Waals surface area contributed by atoms with Gasteiger partial charge in [-0.05, 0) is 66.2 Å². The summed E-state index contributed by atoms with van der Waals surface area (Å²) in [6.07, 6.45) is 0. The summed E-state index contributed by atoms with van der Waals surface area (Å²) in [7, 11) is 1.60. The number of ether oxygens (including phenoxy) is 2. The number of methoxy groups -OCH3 is 1. The molecule has 31 heavy (non-hydrogen) atoms. The van der Waals surface area contributed by atoms with Gasteiger partial charge in [0.05, 0.1) is 7.11 Å². The third kappa shape index (κ3) is 5.42. The highest BCUT2D eigenvalue weighted by Crippen LogP contribution is 2.27. The molecule has 4 aromatic rings. The van der Waals surface area contributed by atoms with E-state index in [1.54, 1.807) is 36.8 Å². The molecule has 156 valence electrons. The Morgan fingerprint density at radius 2 is 1.77 bits per heavy atom. The molecule has 0 radical (unpaired) electrons. The van der Waals surface area contributed by atoms with Gasteiger partial charge in [-0.3, -0.25) is 4.79 Å². The van der Waals surface area contributed by atoms with Crippen LogP contribution in [0.15, 0.2) is 78.2 Å². The van der Waals surface area contributed by atoms with E-state index < -0.39 is 0 Å². The molecule has 4 rings (SSSR count). The van der Waals surface area contributed by atoms with Gasteiger partial charge < -0.3 is 14.8 Å². The Bertz CT molecular complexity index is 1170. The SMILES string of the molecule is COc1ccc(NC(=O)c2csc(-c3ccc(OCc4cccc(Cl)c4)cc3)n2)cc1. The average molecular weight is 451 g/mol. The van der Waals surface area contributed by atoms with Crippen molar-refractivity contribution < 1.29 is 14.3 Å². The number of benzene rings is 3. The predicted octanol–water partition coefficient (Wildman–Crippen LogP) is 6.30. The van der Waals surface area contributed by atoms with Crippen molar-refractivity contribution in [2.24, 2.45) is 0 Å². The van der Waals surface area contributed by atoms with E-state index in [9.17, 15) is 4.79 Å². The monoisotopic (exact) mass is 450 g/mol. The van der Waals surface area contributed by atoms with Crippen molar-refractivity contribution in [1.29, 1.82) is 0 Å². The molecular formula is C24H19ClN2O3S. The van der Waals surface area contributed by atoms with Crippen molar-refractivity contribution >= 4 is 34.5 Å². The van der Waals surface area contributed by atoms with Gasteiger partial charge in [-0.15, -0.1) is 11.3 Å². The lowest BCUT2D eigenvalue weighted by Crippen LogP contribution is -2.12. The number of carbonyl (C=O) groups is 1. The van der Waals surface area contributed by atoms with Gasteiger partial charge >= 0.3 is 0 Å². The van der Waals surface area contributed by atoms with Crippen LogP contribution in [-0.2, 0) is 6.61 Å². The van der Waals surface area contributed by atoms with Crippen LogP contribution >= 0.6 is 22.9 Å². The maximum absolute atomic E-state index is 12.5. The molecule has 0 saturated heterocycles. The molecule has 0 bridgehead atoms. The summed E-state index contributed by atoms with van der Waals surface area (Å²) in [6.45, 7) is 0.437. The summed E-state index contributed by atoms with van der Waals surface area (Å²) in [5.74, 6) is 1.22. The molecule has 0 unspecified atom stereocenters. The molecule has 1 heterocycles. The zero-order valence-electron chi connectivity index (χ0n) is 16.7. The molecule has 0 saturated carbocycles. The zero-order valence-corrected chi connectivity index (χ0v) is 18.2. The first-order valence-corrected chi connectivity index (χ1v) is 10.7. The van der Waals surface area contributed by atoms with Gasteiger partial charge in [0, 0.05) is 21.7 Å². The molecule has 1 amide bonds. The normalized spacial score (nSPS) is 10.5. The van der Waals surface area contributed by atoms with Crippen LogP contribution < -0.4 is 14.8 Å². The van der Waals surface area contributed by atoms with Crippen molar-refractivity contribution in [1.82, 2.24) is 4.98 Å². The third-order valence-corrected chi connectivity index (χ3v) is 5.61. The Kier molecular flexibility index (Phi) is 6.50. The second-order valence-electron chi connectivity index (χ2n) is 6.66. The highest BCUT2D eigenvalue weighted by molar-refractivity contribution is 7.13. The summed E-state index contributed by atoms with van der Waals surface area (Å²) < 4.78 is 10.9. The molecule has 0 spiro atoms. The molecular weight excluding hydrogens is 432 g/mol. The van der Waals surface area contributed by atoms with Crippen molar-refractivity contribution in [3.05, 3.63) is 94.5 Å². The molecule has 0 fully saturated rings. The van der Waals surface area contributed by atoms with Crippen LogP contribution in [0.25, 0.3) is 10.6 Å². The van der Waals surface area contributed by atoms with Crippen LogP contribution in [0.2, 0.25) is 5.02 Å². The number of carbonyl (C=O) groups excluding carboxylic acids is 1. The van der Waals surface area contributed by atoms with Crippen molar-refractivity contribution in [2.75, 3.05) is 12.4 Å². The van der Waals surface area contributed by atoms with Gasteiger partial charge in [0.2, 0.25) is 0 Å². The Morgan fingerprint density at radius 3 is 2.48 bits per heavy atom. The summed E-state index contributed by atoms with van der Waals surface area (Å²) in [6, 6.07) is 22.4. The topological polar surface area (TPSA) is 60.5 Å². The maximum atomic E-state index is 12.5. The van der Waals surface area contributed by atoms with E-state index in [-0.39, 0.29) is 5.91 Å². The van der Waals surface area contributed by atoms with E-state index in [1.165, 1.54) is 11.3 Å². The van der Waals surface area contributed by atoms with Crippen LogP contribution in [0, 0.1) is 0 Å². The summed E-state index contributed by atoms with van der Waals surface area (Å²) in [4.78, 5) is 17.0. The largest absolute Gasteiger partial charge is 0.497 e. The lowest BCUT2D eigenvalue weighted by Gasteiger charge is -2.07. The number of rotatable bonds is 7. The van der Waals surface area contributed by atoms with Crippen LogP contribution in [0.5, 0.6) is 11.5 Å². The summed E-state index contributed by atoms with van der Waals surface area (Å²) in [5, 5.41) is 6.04. The zero-order chi connectivity index (χ0) is 21.6. The highest BCUT2D eigenvalue weighted by Gasteiger charge is 2.12. The van der Waals surface area contributed by atoms with Crippen molar-refractivity contribution in [3.8, 4) is 22.1 Å². The first-order valence-electron chi connectivity index (χ1n) is 9.49. The van der Waals surface area contributed by atoms with E-state index in [2.05, 4.69) is 10.3 Å². The minimum Gasteiger partial charge on any atom is -0.497 e. The number of halogens is 1. The molecule has 0 aliphatic rings. The first kappa shape index (κ1) is 20.9. The fourth-order valence-electron chi connectivity index (χ4n) is 2.87. The van der Waals surface area contributed by atoms with Crippen LogP contribution in [0.3, 0.4) is 0 Å². The van der Waals surface area contributed by atoms with Gasteiger partial charge in [-0.25, -0.2) is 4.98 Å². The lowest BCUT2D eigenvalue weighted by molar-refractivity contribution is 0.102. The van der Waals surface area contributed by atoms with Crippen LogP contribution in [0.1, 0.15) is 16.1 Å². The van der Waals surface area contributed by atoms with Gasteiger partial charge in [0.1, 0.15) is 28.8 Å². The van der Waals surface area contributed by atoms with Crippen molar-refractivity contribution in [2.45, 2.75) is 6.61 Å². The fraction of sp³-hybridized carbons (Fsp3) is 0.0833. The van der Waals surface area contributed by atoms with Gasteiger partial charge in [0.25, 0.3) is 5.91 Å². The molecule has 0 aliphatic carbocycles. The molecule has 0 aliphatic heterocycles. The van der Waals surface area contributed by atoms with Gasteiger partial charge in [0.15, 0.2) is 0 Å². The molecule has 5 nitrogen and oxygen atoms in total. The van der Waals surface area contributed by atoms with E-state index in [0.29, 0.717) is 23.0 Å². The lowest BCUT2D eigenvalue weighted by atomic mass is 10.2. The smallest absolute Gasteiger partial charge is 0.275 e. The maximum Gasteiger partial charge on any atom is 0.275 e. The molecule has 1 N–H and O–H groups in total. The molecule has 1 aromatic heterocycles. The third-order valence-electron chi connectivity index (χ3n) is 4.48. The molecule has 7 heteroatoms. The number of hydrogen-bond acceptors (Lipinski definition) is 5. The number of thiazole rings is 1. The minimum absolute atomic E-state index is 0.255. The van der Waals surface area contributed by atoms with Crippen molar-refractivity contribution in [3.63, 3.8) is 0 Å².